The summed E-state index contributed by atoms with van der Waals surface area (Å²) < 4.78 is 5.53. The van der Waals surface area contributed by atoms with Gasteiger partial charge in [-0.25, -0.2) is 4.79 Å². The summed E-state index contributed by atoms with van der Waals surface area (Å²) in [4.78, 5) is 26.2. The largest absolute Gasteiger partial charge is 0.449 e. The molecule has 1 aliphatic heterocycles. The van der Waals surface area contributed by atoms with E-state index < -0.39 is 17.5 Å². The molecular weight excluding hydrogens is 436 g/mol. The molecule has 0 bridgehead atoms. The number of fused-ring (bicyclic) bond motifs is 3. The quantitative estimate of drug-likeness (QED) is 0.579. The van der Waals surface area contributed by atoms with E-state index in [2.05, 4.69) is 35.7 Å². The van der Waals surface area contributed by atoms with Crippen LogP contribution < -0.4 is 11.1 Å². The minimum Gasteiger partial charge on any atom is -0.449 e. The van der Waals surface area contributed by atoms with E-state index in [1.165, 1.54) is 34.0 Å². The molecule has 8 heteroatoms. The van der Waals surface area contributed by atoms with Crippen molar-refractivity contribution in [3.63, 3.8) is 0 Å². The number of ether oxygens (including phenoxy) is 1. The highest BCUT2D eigenvalue weighted by atomic mass is 32.2. The lowest BCUT2D eigenvalue weighted by molar-refractivity contribution is -0.132. The van der Waals surface area contributed by atoms with Crippen molar-refractivity contribution in [1.29, 1.82) is 5.26 Å². The zero-order valence-electron chi connectivity index (χ0n) is 18.4. The van der Waals surface area contributed by atoms with Crippen LogP contribution in [-0.2, 0) is 9.53 Å². The SMILES string of the molecule is N#C[C@@H]1SCCN1C(=O)[C@@H](N)CCCCNC(=O)OCC1c2ccccc2-c2ccccc21. The fourth-order valence-corrected chi connectivity index (χ4v) is 5.46. The van der Waals surface area contributed by atoms with Crippen molar-refractivity contribution in [3.05, 3.63) is 59.7 Å². The Hall–Kier alpha value is -3.02. The van der Waals surface area contributed by atoms with Crippen LogP contribution in [0, 0.1) is 11.3 Å². The fraction of sp³-hybridized carbons (Fsp3) is 0.400. The maximum atomic E-state index is 12.4. The number of nitrogens with one attached hydrogen (secondary N) is 1. The van der Waals surface area contributed by atoms with Crippen LogP contribution in [-0.4, -0.2) is 53.8 Å². The van der Waals surface area contributed by atoms with Crippen molar-refractivity contribution < 1.29 is 14.3 Å². The molecule has 2 aromatic carbocycles. The number of hydrogen-bond acceptors (Lipinski definition) is 6. The van der Waals surface area contributed by atoms with Gasteiger partial charge in [-0.15, -0.1) is 11.8 Å². The molecule has 2 amide bonds. The van der Waals surface area contributed by atoms with Gasteiger partial charge < -0.3 is 20.7 Å². The Morgan fingerprint density at radius 2 is 1.82 bits per heavy atom. The third kappa shape index (κ3) is 5.15. The maximum Gasteiger partial charge on any atom is 0.407 e. The van der Waals surface area contributed by atoms with Gasteiger partial charge in [-0.3, -0.25) is 4.79 Å². The molecule has 0 aromatic heterocycles. The summed E-state index contributed by atoms with van der Waals surface area (Å²) in [5.41, 5.74) is 10.8. The van der Waals surface area contributed by atoms with Crippen LogP contribution in [0.3, 0.4) is 0 Å². The molecule has 2 aromatic rings. The number of nitrogens with two attached hydrogens (primary N) is 1. The summed E-state index contributed by atoms with van der Waals surface area (Å²) in [5.74, 6) is 0.630. The van der Waals surface area contributed by atoms with Crippen molar-refractivity contribution in [3.8, 4) is 17.2 Å². The lowest BCUT2D eigenvalue weighted by Gasteiger charge is -2.22. The minimum absolute atomic E-state index is 0.0353. The molecule has 4 rings (SSSR count). The van der Waals surface area contributed by atoms with Crippen LogP contribution >= 0.6 is 11.8 Å². The van der Waals surface area contributed by atoms with Crippen LogP contribution in [0.15, 0.2) is 48.5 Å². The summed E-state index contributed by atoms with van der Waals surface area (Å²) in [6.07, 6.45) is 1.48. The van der Waals surface area contributed by atoms with E-state index in [-0.39, 0.29) is 18.4 Å². The van der Waals surface area contributed by atoms with Crippen molar-refractivity contribution in [2.45, 2.75) is 36.6 Å². The Kier molecular flexibility index (Phi) is 7.53. The van der Waals surface area contributed by atoms with E-state index in [1.807, 2.05) is 24.3 Å². The van der Waals surface area contributed by atoms with Crippen molar-refractivity contribution >= 4 is 23.8 Å². The van der Waals surface area contributed by atoms with E-state index in [0.29, 0.717) is 32.4 Å². The number of carbonyl (C=O) groups excluding carboxylic acids is 2. The second-order valence-electron chi connectivity index (χ2n) is 8.24. The second kappa shape index (κ2) is 10.7. The molecule has 0 unspecified atom stereocenters. The van der Waals surface area contributed by atoms with E-state index in [1.54, 1.807) is 4.90 Å². The molecule has 2 aliphatic rings. The van der Waals surface area contributed by atoms with Gasteiger partial charge in [-0.1, -0.05) is 48.5 Å². The lowest BCUT2D eigenvalue weighted by Crippen LogP contribution is -2.45. The highest BCUT2D eigenvalue weighted by Crippen LogP contribution is 2.44. The van der Waals surface area contributed by atoms with Crippen molar-refractivity contribution in [2.24, 2.45) is 5.73 Å². The predicted octanol–water partition coefficient (Wildman–Crippen LogP) is 3.45. The first-order valence-electron chi connectivity index (χ1n) is 11.3. The molecule has 33 heavy (non-hydrogen) atoms. The average molecular weight is 465 g/mol. The topological polar surface area (TPSA) is 108 Å². The number of hydrogen-bond donors (Lipinski definition) is 2. The van der Waals surface area contributed by atoms with Crippen LogP contribution in [0.5, 0.6) is 0 Å². The zero-order valence-corrected chi connectivity index (χ0v) is 19.2. The summed E-state index contributed by atoms with van der Waals surface area (Å²) in [6.45, 7) is 1.31. The number of thioether (sulfide) groups is 1. The average Bonchev–Trinajstić information content (AvgIpc) is 3.44. The summed E-state index contributed by atoms with van der Waals surface area (Å²) in [6, 6.07) is 18.0. The van der Waals surface area contributed by atoms with Gasteiger partial charge >= 0.3 is 6.09 Å². The first-order valence-corrected chi connectivity index (χ1v) is 12.3. The van der Waals surface area contributed by atoms with E-state index in [4.69, 9.17) is 15.7 Å². The molecule has 2 atom stereocenters. The summed E-state index contributed by atoms with van der Waals surface area (Å²) in [5, 5.41) is 11.5. The van der Waals surface area contributed by atoms with E-state index in [9.17, 15) is 9.59 Å². The third-order valence-corrected chi connectivity index (χ3v) is 7.25. The summed E-state index contributed by atoms with van der Waals surface area (Å²) >= 11 is 1.46. The molecule has 1 saturated heterocycles. The number of amides is 2. The lowest BCUT2D eigenvalue weighted by atomic mass is 9.98. The third-order valence-electron chi connectivity index (χ3n) is 6.16. The summed E-state index contributed by atoms with van der Waals surface area (Å²) in [7, 11) is 0. The fourth-order valence-electron chi connectivity index (χ4n) is 4.47. The molecule has 3 N–H and O–H groups in total. The highest BCUT2D eigenvalue weighted by molar-refractivity contribution is 8.00. The van der Waals surface area contributed by atoms with Crippen molar-refractivity contribution in [1.82, 2.24) is 10.2 Å². The zero-order chi connectivity index (χ0) is 23.2. The number of alkyl carbamates (subject to hydrolysis) is 1. The first kappa shape index (κ1) is 23.1. The van der Waals surface area contributed by atoms with Gasteiger partial charge in [0.2, 0.25) is 5.91 Å². The van der Waals surface area contributed by atoms with Gasteiger partial charge in [0.05, 0.1) is 12.1 Å². The normalized spacial score (nSPS) is 17.7. The van der Waals surface area contributed by atoms with E-state index >= 15 is 0 Å². The van der Waals surface area contributed by atoms with Gasteiger partial charge in [0.1, 0.15) is 6.61 Å². The van der Waals surface area contributed by atoms with Gasteiger partial charge in [0, 0.05) is 24.8 Å². The predicted molar refractivity (Wildman–Crippen MR) is 128 cm³/mol. The number of nitrogens with zero attached hydrogens (tertiary/aromatic N) is 2. The number of carbonyl (C=O) groups is 2. The Balaban J connectivity index is 1.17. The molecular formula is C25H28N4O3S. The van der Waals surface area contributed by atoms with Gasteiger partial charge in [-0.05, 0) is 41.5 Å². The standard InChI is InChI=1S/C25H28N4O3S/c26-15-23-29(13-14-33-23)24(30)22(27)11-5-6-12-28-25(31)32-16-21-19-9-3-1-7-17(19)18-8-2-4-10-20(18)21/h1-4,7-10,21-23H,5-6,11-14,16,27H2,(H,28,31)/t22-,23-/m0/s1. The molecule has 0 radical (unpaired) electrons. The Labute approximate surface area is 198 Å². The van der Waals surface area contributed by atoms with Crippen LogP contribution in [0.25, 0.3) is 11.1 Å². The molecule has 1 aliphatic carbocycles. The Bertz CT molecular complexity index is 1010. The number of benzene rings is 2. The smallest absolute Gasteiger partial charge is 0.407 e. The molecule has 1 fully saturated rings. The molecule has 172 valence electrons. The Morgan fingerprint density at radius 3 is 2.48 bits per heavy atom. The number of rotatable bonds is 8. The monoisotopic (exact) mass is 464 g/mol. The highest BCUT2D eigenvalue weighted by Gasteiger charge is 2.32. The first-order chi connectivity index (χ1) is 16.1. The molecule has 7 nitrogen and oxygen atoms in total. The van der Waals surface area contributed by atoms with Crippen LogP contribution in [0.2, 0.25) is 0 Å². The Morgan fingerprint density at radius 1 is 1.15 bits per heavy atom. The van der Waals surface area contributed by atoms with Gasteiger partial charge in [0.25, 0.3) is 0 Å². The number of unbranched alkanes of at least 4 members (excludes halogenated alkanes) is 1. The van der Waals surface area contributed by atoms with Gasteiger partial charge in [0.15, 0.2) is 5.37 Å². The van der Waals surface area contributed by atoms with E-state index in [0.717, 1.165) is 5.75 Å². The van der Waals surface area contributed by atoms with Crippen molar-refractivity contribution in [2.75, 3.05) is 25.4 Å². The van der Waals surface area contributed by atoms with Crippen LogP contribution in [0.1, 0.15) is 36.3 Å². The van der Waals surface area contributed by atoms with Gasteiger partial charge in [-0.2, -0.15) is 5.26 Å². The van der Waals surface area contributed by atoms with Crippen LogP contribution in [0.4, 0.5) is 4.79 Å². The number of nitriles is 1. The second-order valence-corrected chi connectivity index (χ2v) is 9.43. The molecule has 0 spiro atoms. The molecule has 1 heterocycles. The maximum absolute atomic E-state index is 12.4. The minimum atomic E-state index is -0.617. The molecule has 0 saturated carbocycles.